The molecule has 0 saturated carbocycles. The molecule has 25 heavy (non-hydrogen) atoms. The molecular formula is C19H26NO5-. The Bertz CT molecular complexity index is 544. The molecule has 0 aliphatic heterocycles. The monoisotopic (exact) mass is 348 g/mol. The van der Waals surface area contributed by atoms with Crippen molar-refractivity contribution in [2.45, 2.75) is 64.5 Å². The largest absolute Gasteiger partial charge is 0.550 e. The number of aliphatic carboxylic acids is 1. The molecular weight excluding hydrogens is 322 g/mol. The number of amides is 1. The Morgan fingerprint density at radius 2 is 1.80 bits per heavy atom. The van der Waals surface area contributed by atoms with Crippen molar-refractivity contribution in [1.29, 1.82) is 0 Å². The summed E-state index contributed by atoms with van der Waals surface area (Å²) in [4.78, 5) is 34.8. The van der Waals surface area contributed by atoms with Crippen LogP contribution in [0, 0.1) is 0 Å². The number of carboxylic acid groups (broad SMARTS) is 1. The second-order valence-corrected chi connectivity index (χ2v) is 5.93. The lowest BCUT2D eigenvalue weighted by Gasteiger charge is -2.18. The van der Waals surface area contributed by atoms with Crippen LogP contribution in [0.25, 0.3) is 0 Å². The number of hydrogen-bond acceptors (Lipinski definition) is 5. The van der Waals surface area contributed by atoms with E-state index in [1.165, 1.54) is 0 Å². The molecule has 0 unspecified atom stereocenters. The Labute approximate surface area is 148 Å². The summed E-state index contributed by atoms with van der Waals surface area (Å²) in [5, 5.41) is 13.2. The molecule has 0 aromatic heterocycles. The Morgan fingerprint density at radius 3 is 2.44 bits per heavy atom. The van der Waals surface area contributed by atoms with Crippen molar-refractivity contribution in [3.05, 3.63) is 35.9 Å². The Hall–Kier alpha value is -2.37. The number of esters is 1. The van der Waals surface area contributed by atoms with Gasteiger partial charge in [-0.25, -0.2) is 4.79 Å². The highest BCUT2D eigenvalue weighted by molar-refractivity contribution is 5.84. The van der Waals surface area contributed by atoms with Crippen molar-refractivity contribution >= 4 is 17.8 Å². The van der Waals surface area contributed by atoms with Crippen molar-refractivity contribution in [2.24, 2.45) is 0 Å². The second kappa shape index (κ2) is 12.1. The third-order valence-corrected chi connectivity index (χ3v) is 3.74. The maximum absolute atomic E-state index is 12.2. The zero-order valence-electron chi connectivity index (χ0n) is 14.7. The molecule has 1 N–H and O–H groups in total. The fraction of sp³-hybridized carbons (Fsp3) is 0.526. The summed E-state index contributed by atoms with van der Waals surface area (Å²) >= 11 is 0. The maximum Gasteiger partial charge on any atom is 0.328 e. The van der Waals surface area contributed by atoms with Gasteiger partial charge in [0.05, 0.1) is 0 Å². The molecule has 1 atom stereocenters. The number of hydrogen-bond donors (Lipinski definition) is 1. The highest BCUT2D eigenvalue weighted by Crippen LogP contribution is 2.07. The van der Waals surface area contributed by atoms with Gasteiger partial charge in [-0.3, -0.25) is 4.79 Å². The number of unbranched alkanes of at least 4 members (excludes halogenated alkanes) is 3. The van der Waals surface area contributed by atoms with Crippen LogP contribution in [-0.2, 0) is 25.7 Å². The molecule has 1 amide bonds. The summed E-state index contributed by atoms with van der Waals surface area (Å²) in [7, 11) is 0. The molecule has 6 heteroatoms. The van der Waals surface area contributed by atoms with Gasteiger partial charge in [0, 0.05) is 12.4 Å². The van der Waals surface area contributed by atoms with Crippen LogP contribution in [-0.4, -0.2) is 23.9 Å². The van der Waals surface area contributed by atoms with Crippen molar-refractivity contribution in [2.75, 3.05) is 0 Å². The van der Waals surface area contributed by atoms with E-state index < -0.39 is 18.0 Å². The highest BCUT2D eigenvalue weighted by atomic mass is 16.5. The average molecular weight is 348 g/mol. The normalized spacial score (nSPS) is 11.6. The lowest BCUT2D eigenvalue weighted by atomic mass is 10.1. The summed E-state index contributed by atoms with van der Waals surface area (Å²) in [6.07, 6.45) is 3.77. The van der Waals surface area contributed by atoms with E-state index in [0.717, 1.165) is 31.2 Å². The van der Waals surface area contributed by atoms with Gasteiger partial charge in [-0.15, -0.1) is 0 Å². The Morgan fingerprint density at radius 1 is 1.08 bits per heavy atom. The van der Waals surface area contributed by atoms with E-state index in [2.05, 4.69) is 12.2 Å². The van der Waals surface area contributed by atoms with Gasteiger partial charge in [0.25, 0.3) is 0 Å². The van der Waals surface area contributed by atoms with Crippen LogP contribution in [0.3, 0.4) is 0 Å². The van der Waals surface area contributed by atoms with E-state index in [1.54, 1.807) is 0 Å². The summed E-state index contributed by atoms with van der Waals surface area (Å²) in [6.45, 7) is 2.16. The van der Waals surface area contributed by atoms with E-state index in [4.69, 9.17) is 4.74 Å². The lowest BCUT2D eigenvalue weighted by Crippen LogP contribution is -2.42. The lowest BCUT2D eigenvalue weighted by molar-refractivity contribution is -0.305. The molecule has 0 heterocycles. The van der Waals surface area contributed by atoms with E-state index in [-0.39, 0.29) is 25.4 Å². The molecule has 0 fully saturated rings. The van der Waals surface area contributed by atoms with Crippen LogP contribution in [0.1, 0.15) is 57.4 Å². The number of carbonyl (C=O) groups excluding carboxylic acids is 3. The number of nitrogens with one attached hydrogen (secondary N) is 1. The molecule has 1 rings (SSSR count). The minimum absolute atomic E-state index is 0.0450. The SMILES string of the molecule is CCCCCCC(=O)N[C@H](CCC(=O)[O-])C(=O)OCc1ccccc1. The summed E-state index contributed by atoms with van der Waals surface area (Å²) in [6, 6.07) is 8.17. The van der Waals surface area contributed by atoms with E-state index in [9.17, 15) is 19.5 Å². The number of ether oxygens (including phenoxy) is 1. The molecule has 1 aromatic carbocycles. The zero-order valence-corrected chi connectivity index (χ0v) is 14.7. The van der Waals surface area contributed by atoms with Crippen LogP contribution < -0.4 is 10.4 Å². The van der Waals surface area contributed by atoms with Crippen molar-refractivity contribution in [1.82, 2.24) is 5.32 Å². The molecule has 138 valence electrons. The molecule has 0 spiro atoms. The first-order valence-corrected chi connectivity index (χ1v) is 8.72. The summed E-state index contributed by atoms with van der Waals surface area (Å²) < 4.78 is 5.20. The molecule has 0 radical (unpaired) electrons. The first kappa shape index (κ1) is 20.7. The number of rotatable bonds is 12. The Kier molecular flexibility index (Phi) is 9.97. The van der Waals surface area contributed by atoms with E-state index in [1.807, 2.05) is 30.3 Å². The summed E-state index contributed by atoms with van der Waals surface area (Å²) in [5.41, 5.74) is 0.820. The topological polar surface area (TPSA) is 95.5 Å². The second-order valence-electron chi connectivity index (χ2n) is 5.93. The minimum Gasteiger partial charge on any atom is -0.550 e. The molecule has 1 aromatic rings. The third-order valence-electron chi connectivity index (χ3n) is 3.74. The van der Waals surface area contributed by atoms with E-state index >= 15 is 0 Å². The van der Waals surface area contributed by atoms with Crippen molar-refractivity contribution in [3.8, 4) is 0 Å². The Balaban J connectivity index is 2.50. The fourth-order valence-electron chi connectivity index (χ4n) is 2.32. The molecule has 0 aliphatic carbocycles. The quantitative estimate of drug-likeness (QED) is 0.458. The van der Waals surface area contributed by atoms with Gasteiger partial charge < -0.3 is 20.0 Å². The van der Waals surface area contributed by atoms with Crippen LogP contribution in [0.5, 0.6) is 0 Å². The van der Waals surface area contributed by atoms with E-state index in [0.29, 0.717) is 6.42 Å². The molecule has 0 aliphatic rings. The molecule has 0 bridgehead atoms. The average Bonchev–Trinajstić information content (AvgIpc) is 2.61. The number of benzene rings is 1. The first-order valence-electron chi connectivity index (χ1n) is 8.72. The maximum atomic E-state index is 12.2. The first-order chi connectivity index (χ1) is 12.0. The number of carboxylic acids is 1. The fourth-order valence-corrected chi connectivity index (χ4v) is 2.32. The third kappa shape index (κ3) is 9.49. The molecule has 0 saturated heterocycles. The van der Waals surface area contributed by atoms with Crippen molar-refractivity contribution in [3.63, 3.8) is 0 Å². The van der Waals surface area contributed by atoms with Crippen LogP contribution >= 0.6 is 0 Å². The predicted octanol–water partition coefficient (Wildman–Crippen LogP) is 1.72. The van der Waals surface area contributed by atoms with Gasteiger partial charge in [0.1, 0.15) is 12.6 Å². The van der Waals surface area contributed by atoms with Gasteiger partial charge >= 0.3 is 5.97 Å². The van der Waals surface area contributed by atoms with Gasteiger partial charge in [-0.05, 0) is 24.8 Å². The minimum atomic E-state index is -1.27. The predicted molar refractivity (Wildman–Crippen MR) is 91.2 cm³/mol. The van der Waals surface area contributed by atoms with Gasteiger partial charge in [-0.2, -0.15) is 0 Å². The highest BCUT2D eigenvalue weighted by Gasteiger charge is 2.22. The van der Waals surface area contributed by atoms with Gasteiger partial charge in [0.15, 0.2) is 0 Å². The van der Waals surface area contributed by atoms with Gasteiger partial charge in [0.2, 0.25) is 5.91 Å². The molecule has 6 nitrogen and oxygen atoms in total. The van der Waals surface area contributed by atoms with Crippen molar-refractivity contribution < 1.29 is 24.2 Å². The van der Waals surface area contributed by atoms with Crippen LogP contribution in [0.15, 0.2) is 30.3 Å². The smallest absolute Gasteiger partial charge is 0.328 e. The van der Waals surface area contributed by atoms with Crippen LogP contribution in [0.2, 0.25) is 0 Å². The zero-order chi connectivity index (χ0) is 18.5. The van der Waals surface area contributed by atoms with Gasteiger partial charge in [-0.1, -0.05) is 56.5 Å². The summed E-state index contributed by atoms with van der Waals surface area (Å²) in [5.74, 6) is -2.17. The standard InChI is InChI=1S/C19H27NO5/c1-2-3-4-8-11-17(21)20-16(12-13-18(22)23)19(24)25-14-15-9-6-5-7-10-15/h5-7,9-10,16H,2-4,8,11-14H2,1H3,(H,20,21)(H,22,23)/p-1/t16-/m1/s1. The number of carbonyl (C=O) groups is 3. The van der Waals surface area contributed by atoms with Crippen LogP contribution in [0.4, 0.5) is 0 Å².